The molecule has 0 aromatic heterocycles. The average molecular weight is 345 g/mol. The van der Waals surface area contributed by atoms with Crippen molar-refractivity contribution in [2.45, 2.75) is 19.4 Å². The number of hydrogen-bond acceptors (Lipinski definition) is 6. The number of nitrogens with zero attached hydrogens (tertiary/aromatic N) is 3. The van der Waals surface area contributed by atoms with Crippen LogP contribution in [0, 0.1) is 11.3 Å². The molecule has 0 saturated heterocycles. The highest BCUT2D eigenvalue weighted by Crippen LogP contribution is 2.37. The van der Waals surface area contributed by atoms with Gasteiger partial charge in [-0.05, 0) is 38.1 Å². The van der Waals surface area contributed by atoms with E-state index in [1.807, 2.05) is 19.9 Å². The minimum Gasteiger partial charge on any atom is -0.494 e. The van der Waals surface area contributed by atoms with Gasteiger partial charge in [0.05, 0.1) is 25.0 Å². The second-order valence-electron chi connectivity index (χ2n) is 6.00. The molecule has 0 atom stereocenters. The molecule has 1 aromatic carbocycles. The molecule has 1 aromatic rings. The molecule has 7 heteroatoms. The van der Waals surface area contributed by atoms with Crippen LogP contribution in [-0.2, 0) is 4.74 Å². The number of rotatable bonds is 2. The SMILES string of the molecule is COc1ccc(Cl)cc1N1N=C2COC(C)(C)C=C2C(C#N)=C1N. The van der Waals surface area contributed by atoms with Gasteiger partial charge in [-0.1, -0.05) is 11.6 Å². The summed E-state index contributed by atoms with van der Waals surface area (Å²) in [6.07, 6.45) is 1.87. The zero-order chi connectivity index (χ0) is 17.5. The van der Waals surface area contributed by atoms with Gasteiger partial charge in [0, 0.05) is 10.6 Å². The van der Waals surface area contributed by atoms with Crippen LogP contribution in [0.4, 0.5) is 5.69 Å². The van der Waals surface area contributed by atoms with Crippen molar-refractivity contribution in [2.75, 3.05) is 18.7 Å². The molecule has 124 valence electrons. The zero-order valence-corrected chi connectivity index (χ0v) is 14.4. The monoisotopic (exact) mass is 344 g/mol. The Morgan fingerprint density at radius 1 is 1.46 bits per heavy atom. The standard InChI is InChI=1S/C17H17ClN4O2/c1-17(2)7-11-12(8-19)16(20)22(21-13(11)9-24-17)14-6-10(18)4-5-15(14)23-3/h4-7H,9,20H2,1-3H3. The first-order valence-electron chi connectivity index (χ1n) is 7.35. The number of hydrazone groups is 1. The van der Waals surface area contributed by atoms with Crippen LogP contribution in [0.5, 0.6) is 5.75 Å². The molecule has 0 amide bonds. The minimum atomic E-state index is -0.480. The lowest BCUT2D eigenvalue weighted by Crippen LogP contribution is -2.39. The molecular weight excluding hydrogens is 328 g/mol. The van der Waals surface area contributed by atoms with E-state index in [0.29, 0.717) is 33.3 Å². The number of fused-ring (bicyclic) bond motifs is 1. The van der Waals surface area contributed by atoms with Crippen LogP contribution in [0.2, 0.25) is 5.02 Å². The quantitative estimate of drug-likeness (QED) is 0.891. The summed E-state index contributed by atoms with van der Waals surface area (Å²) in [6, 6.07) is 7.30. The Morgan fingerprint density at radius 2 is 2.21 bits per heavy atom. The molecule has 6 nitrogen and oxygen atoms in total. The van der Waals surface area contributed by atoms with Gasteiger partial charge in [0.2, 0.25) is 0 Å². The Labute approximate surface area is 145 Å². The maximum absolute atomic E-state index is 9.61. The number of methoxy groups -OCH3 is 1. The summed E-state index contributed by atoms with van der Waals surface area (Å²) in [5.41, 5.74) is 8.02. The Balaban J connectivity index is 2.18. The fourth-order valence-electron chi connectivity index (χ4n) is 2.65. The fourth-order valence-corrected chi connectivity index (χ4v) is 2.82. The summed E-state index contributed by atoms with van der Waals surface area (Å²) in [5, 5.41) is 16.1. The lowest BCUT2D eigenvalue weighted by molar-refractivity contribution is 0.0409. The number of hydrogen-bond donors (Lipinski definition) is 1. The first-order chi connectivity index (χ1) is 11.4. The molecule has 2 aliphatic heterocycles. The molecule has 0 bridgehead atoms. The summed E-state index contributed by atoms with van der Waals surface area (Å²) < 4.78 is 11.1. The van der Waals surface area contributed by atoms with Crippen molar-refractivity contribution in [3.8, 4) is 11.8 Å². The van der Waals surface area contributed by atoms with Crippen LogP contribution in [0.15, 0.2) is 46.3 Å². The maximum atomic E-state index is 9.61. The summed E-state index contributed by atoms with van der Waals surface area (Å²) in [6.45, 7) is 4.14. The van der Waals surface area contributed by atoms with Crippen LogP contribution in [0.3, 0.4) is 0 Å². The predicted molar refractivity (Wildman–Crippen MR) is 92.9 cm³/mol. The molecule has 2 aliphatic rings. The first-order valence-corrected chi connectivity index (χ1v) is 7.72. The van der Waals surface area contributed by atoms with Gasteiger partial charge in [-0.15, -0.1) is 0 Å². The molecule has 2 N–H and O–H groups in total. The lowest BCUT2D eigenvalue weighted by Gasteiger charge is -2.34. The average Bonchev–Trinajstić information content (AvgIpc) is 2.54. The number of nitrogens with two attached hydrogens (primary N) is 1. The van der Waals surface area contributed by atoms with Crippen molar-refractivity contribution in [1.29, 1.82) is 5.26 Å². The molecule has 0 saturated carbocycles. The Hall–Kier alpha value is -2.49. The largest absolute Gasteiger partial charge is 0.494 e. The van der Waals surface area contributed by atoms with Gasteiger partial charge in [-0.2, -0.15) is 10.4 Å². The van der Waals surface area contributed by atoms with Crippen molar-refractivity contribution in [1.82, 2.24) is 0 Å². The molecule has 0 radical (unpaired) electrons. The van der Waals surface area contributed by atoms with Gasteiger partial charge in [0.25, 0.3) is 0 Å². The van der Waals surface area contributed by atoms with Gasteiger partial charge >= 0.3 is 0 Å². The van der Waals surface area contributed by atoms with Crippen molar-refractivity contribution >= 4 is 23.0 Å². The van der Waals surface area contributed by atoms with Gasteiger partial charge in [-0.25, -0.2) is 5.01 Å². The van der Waals surface area contributed by atoms with E-state index in [9.17, 15) is 5.26 Å². The van der Waals surface area contributed by atoms with Crippen LogP contribution in [-0.4, -0.2) is 25.0 Å². The Kier molecular flexibility index (Phi) is 3.99. The third-order valence-electron chi connectivity index (χ3n) is 3.84. The molecule has 0 spiro atoms. The van der Waals surface area contributed by atoms with Gasteiger partial charge in [0.1, 0.15) is 28.9 Å². The van der Waals surface area contributed by atoms with Gasteiger partial charge in [-0.3, -0.25) is 0 Å². The Bertz CT molecular complexity index is 833. The fraction of sp³-hybridized carbons (Fsp3) is 0.294. The molecule has 0 aliphatic carbocycles. The van der Waals surface area contributed by atoms with E-state index in [-0.39, 0.29) is 12.4 Å². The maximum Gasteiger partial charge on any atom is 0.144 e. The van der Waals surface area contributed by atoms with Gasteiger partial charge in [0.15, 0.2) is 0 Å². The minimum absolute atomic E-state index is 0.228. The van der Waals surface area contributed by atoms with Crippen molar-refractivity contribution < 1.29 is 9.47 Å². The summed E-state index contributed by atoms with van der Waals surface area (Å²) in [7, 11) is 1.55. The van der Waals surface area contributed by atoms with E-state index in [1.165, 1.54) is 5.01 Å². The van der Waals surface area contributed by atoms with Crippen LogP contribution in [0.25, 0.3) is 0 Å². The molecule has 3 rings (SSSR count). The van der Waals surface area contributed by atoms with E-state index in [1.54, 1.807) is 25.3 Å². The first kappa shape index (κ1) is 16.4. The summed E-state index contributed by atoms with van der Waals surface area (Å²) in [5.74, 6) is 0.777. The number of anilines is 1. The third kappa shape index (κ3) is 2.73. The van der Waals surface area contributed by atoms with E-state index in [2.05, 4.69) is 11.2 Å². The van der Waals surface area contributed by atoms with Gasteiger partial charge < -0.3 is 15.2 Å². The van der Waals surface area contributed by atoms with Crippen LogP contribution < -0.4 is 15.5 Å². The number of ether oxygens (including phenoxy) is 2. The Morgan fingerprint density at radius 3 is 2.88 bits per heavy atom. The third-order valence-corrected chi connectivity index (χ3v) is 4.07. The second-order valence-corrected chi connectivity index (χ2v) is 6.43. The highest BCUT2D eigenvalue weighted by molar-refractivity contribution is 6.31. The predicted octanol–water partition coefficient (Wildman–Crippen LogP) is 2.95. The number of benzene rings is 1. The number of halogens is 1. The zero-order valence-electron chi connectivity index (χ0n) is 13.6. The molecular formula is C17H17ClN4O2. The molecule has 24 heavy (non-hydrogen) atoms. The number of nitriles is 1. The topological polar surface area (TPSA) is 83.9 Å². The van der Waals surface area contributed by atoms with E-state index < -0.39 is 5.60 Å². The highest BCUT2D eigenvalue weighted by Gasteiger charge is 2.34. The van der Waals surface area contributed by atoms with Crippen LogP contribution in [0.1, 0.15) is 13.8 Å². The van der Waals surface area contributed by atoms with E-state index >= 15 is 0 Å². The van der Waals surface area contributed by atoms with Crippen LogP contribution >= 0.6 is 11.6 Å². The second kappa shape index (κ2) is 5.86. The molecule has 0 fully saturated rings. The highest BCUT2D eigenvalue weighted by atomic mass is 35.5. The summed E-state index contributed by atoms with van der Waals surface area (Å²) in [4.78, 5) is 0. The lowest BCUT2D eigenvalue weighted by atomic mass is 9.92. The normalized spacial score (nSPS) is 19.2. The van der Waals surface area contributed by atoms with Crippen molar-refractivity contribution in [3.05, 3.63) is 46.3 Å². The summed E-state index contributed by atoms with van der Waals surface area (Å²) >= 11 is 6.10. The van der Waals surface area contributed by atoms with Crippen molar-refractivity contribution in [3.63, 3.8) is 0 Å². The number of allylic oxidation sites excluding steroid dienone is 1. The molecule has 0 unspecified atom stereocenters. The van der Waals surface area contributed by atoms with E-state index in [4.69, 9.17) is 26.8 Å². The van der Waals surface area contributed by atoms with Crippen molar-refractivity contribution in [2.24, 2.45) is 10.8 Å². The molecule has 2 heterocycles. The smallest absolute Gasteiger partial charge is 0.144 e. The van der Waals surface area contributed by atoms with E-state index in [0.717, 1.165) is 0 Å².